The van der Waals surface area contributed by atoms with Crippen molar-refractivity contribution >= 4 is 0 Å². The molecule has 1 fully saturated rings. The van der Waals surface area contributed by atoms with Gasteiger partial charge in [-0.05, 0) is 32.4 Å². The van der Waals surface area contributed by atoms with Crippen LogP contribution in [0.5, 0.6) is 0 Å². The van der Waals surface area contributed by atoms with E-state index in [0.717, 1.165) is 6.04 Å². The summed E-state index contributed by atoms with van der Waals surface area (Å²) in [5.41, 5.74) is 0. The Kier molecular flexibility index (Phi) is 7.03. The Morgan fingerprint density at radius 3 is 2.67 bits per heavy atom. The third-order valence-corrected chi connectivity index (χ3v) is 3.40. The Morgan fingerprint density at radius 1 is 1.07 bits per heavy atom. The van der Waals surface area contributed by atoms with E-state index in [4.69, 9.17) is 0 Å². The molecular weight excluding hydrogens is 184 g/mol. The fraction of sp³-hybridized carbons (Fsp3) is 1.00. The van der Waals surface area contributed by atoms with Crippen LogP contribution >= 0.6 is 0 Å². The van der Waals surface area contributed by atoms with E-state index in [2.05, 4.69) is 24.1 Å². The molecule has 0 aliphatic carbocycles. The number of hydrogen-bond acceptors (Lipinski definition) is 2. The van der Waals surface area contributed by atoms with Gasteiger partial charge in [-0.2, -0.15) is 0 Å². The van der Waals surface area contributed by atoms with Crippen LogP contribution in [0.2, 0.25) is 0 Å². The standard InChI is InChI=1S/C13H28N2/c1-3-5-8-13(7-4-2)15-11-6-9-14-10-12-15/h13-14H,3-12H2,1-2H3. The number of rotatable bonds is 6. The van der Waals surface area contributed by atoms with Crippen molar-refractivity contribution in [2.75, 3.05) is 26.2 Å². The molecule has 0 saturated carbocycles. The molecule has 0 aromatic carbocycles. The largest absolute Gasteiger partial charge is 0.315 e. The predicted octanol–water partition coefficient (Wildman–Crippen LogP) is 2.64. The van der Waals surface area contributed by atoms with Crippen molar-refractivity contribution in [1.29, 1.82) is 0 Å². The molecular formula is C13H28N2. The van der Waals surface area contributed by atoms with Gasteiger partial charge in [0.25, 0.3) is 0 Å². The van der Waals surface area contributed by atoms with Crippen molar-refractivity contribution in [3.05, 3.63) is 0 Å². The predicted molar refractivity (Wildman–Crippen MR) is 67.3 cm³/mol. The zero-order valence-corrected chi connectivity index (χ0v) is 10.6. The molecule has 15 heavy (non-hydrogen) atoms. The SMILES string of the molecule is CCCCC(CCC)N1CCCNCC1. The number of hydrogen-bond donors (Lipinski definition) is 1. The fourth-order valence-electron chi connectivity index (χ4n) is 2.51. The second-order valence-corrected chi connectivity index (χ2v) is 4.72. The van der Waals surface area contributed by atoms with Crippen LogP contribution in [0.3, 0.4) is 0 Å². The lowest BCUT2D eigenvalue weighted by atomic mass is 10.0. The first-order chi connectivity index (χ1) is 7.38. The summed E-state index contributed by atoms with van der Waals surface area (Å²) in [6.07, 6.45) is 8.19. The Labute approximate surface area is 95.4 Å². The lowest BCUT2D eigenvalue weighted by Crippen LogP contribution is -2.37. The van der Waals surface area contributed by atoms with Gasteiger partial charge in [0.05, 0.1) is 0 Å². The van der Waals surface area contributed by atoms with Gasteiger partial charge in [-0.3, -0.25) is 4.90 Å². The maximum absolute atomic E-state index is 3.49. The lowest BCUT2D eigenvalue weighted by Gasteiger charge is -2.30. The molecule has 1 aliphatic heterocycles. The molecule has 0 spiro atoms. The summed E-state index contributed by atoms with van der Waals surface area (Å²) < 4.78 is 0. The van der Waals surface area contributed by atoms with E-state index in [1.165, 1.54) is 64.7 Å². The first-order valence-corrected chi connectivity index (χ1v) is 6.83. The van der Waals surface area contributed by atoms with Crippen molar-refractivity contribution in [2.24, 2.45) is 0 Å². The van der Waals surface area contributed by atoms with Crippen LogP contribution in [0.25, 0.3) is 0 Å². The highest BCUT2D eigenvalue weighted by Gasteiger charge is 2.17. The number of unbranched alkanes of at least 4 members (excludes halogenated alkanes) is 1. The smallest absolute Gasteiger partial charge is 0.0110 e. The van der Waals surface area contributed by atoms with Gasteiger partial charge in [0, 0.05) is 19.1 Å². The minimum atomic E-state index is 0.856. The van der Waals surface area contributed by atoms with E-state index in [-0.39, 0.29) is 0 Å². The van der Waals surface area contributed by atoms with Crippen molar-refractivity contribution in [3.63, 3.8) is 0 Å². The van der Waals surface area contributed by atoms with Gasteiger partial charge < -0.3 is 5.32 Å². The van der Waals surface area contributed by atoms with Gasteiger partial charge in [-0.15, -0.1) is 0 Å². The van der Waals surface area contributed by atoms with Crippen molar-refractivity contribution in [1.82, 2.24) is 10.2 Å². The molecule has 1 heterocycles. The highest BCUT2D eigenvalue weighted by Crippen LogP contribution is 2.15. The van der Waals surface area contributed by atoms with E-state index in [1.54, 1.807) is 0 Å². The number of nitrogens with zero attached hydrogens (tertiary/aromatic N) is 1. The van der Waals surface area contributed by atoms with E-state index < -0.39 is 0 Å². The summed E-state index contributed by atoms with van der Waals surface area (Å²) in [6.45, 7) is 9.58. The molecule has 2 heteroatoms. The topological polar surface area (TPSA) is 15.3 Å². The second kappa shape index (κ2) is 8.12. The Bertz CT molecular complexity index is 139. The Hall–Kier alpha value is -0.0800. The highest BCUT2D eigenvalue weighted by atomic mass is 15.2. The summed E-state index contributed by atoms with van der Waals surface area (Å²) in [5.74, 6) is 0. The number of nitrogens with one attached hydrogen (secondary N) is 1. The monoisotopic (exact) mass is 212 g/mol. The Morgan fingerprint density at radius 2 is 1.93 bits per heavy atom. The van der Waals surface area contributed by atoms with Crippen LogP contribution < -0.4 is 5.32 Å². The molecule has 0 radical (unpaired) electrons. The van der Waals surface area contributed by atoms with E-state index >= 15 is 0 Å². The first kappa shape index (κ1) is 13.0. The van der Waals surface area contributed by atoms with Crippen LogP contribution in [0.15, 0.2) is 0 Å². The quantitative estimate of drug-likeness (QED) is 0.728. The highest BCUT2D eigenvalue weighted by molar-refractivity contribution is 4.75. The van der Waals surface area contributed by atoms with E-state index in [9.17, 15) is 0 Å². The van der Waals surface area contributed by atoms with Gasteiger partial charge in [-0.1, -0.05) is 33.1 Å². The van der Waals surface area contributed by atoms with E-state index in [1.807, 2.05) is 0 Å². The van der Waals surface area contributed by atoms with Gasteiger partial charge in [0.15, 0.2) is 0 Å². The molecule has 0 aromatic heterocycles. The van der Waals surface area contributed by atoms with Gasteiger partial charge >= 0.3 is 0 Å². The molecule has 1 rings (SSSR count). The van der Waals surface area contributed by atoms with Crippen LogP contribution in [0, 0.1) is 0 Å². The maximum Gasteiger partial charge on any atom is 0.0110 e. The average Bonchev–Trinajstić information content (AvgIpc) is 2.52. The molecule has 1 saturated heterocycles. The zero-order chi connectivity index (χ0) is 10.9. The minimum Gasteiger partial charge on any atom is -0.315 e. The van der Waals surface area contributed by atoms with E-state index in [0.29, 0.717) is 0 Å². The fourth-order valence-corrected chi connectivity index (χ4v) is 2.51. The molecule has 90 valence electrons. The molecule has 1 N–H and O–H groups in total. The van der Waals surface area contributed by atoms with Crippen LogP contribution in [-0.4, -0.2) is 37.1 Å². The second-order valence-electron chi connectivity index (χ2n) is 4.72. The summed E-state index contributed by atoms with van der Waals surface area (Å²) in [4.78, 5) is 2.72. The van der Waals surface area contributed by atoms with Gasteiger partial charge in [0.2, 0.25) is 0 Å². The zero-order valence-electron chi connectivity index (χ0n) is 10.6. The molecule has 2 nitrogen and oxygen atoms in total. The molecule has 1 unspecified atom stereocenters. The third-order valence-electron chi connectivity index (χ3n) is 3.40. The molecule has 1 aliphatic rings. The summed E-state index contributed by atoms with van der Waals surface area (Å²) in [7, 11) is 0. The lowest BCUT2D eigenvalue weighted by molar-refractivity contribution is 0.184. The average molecular weight is 212 g/mol. The molecule has 0 amide bonds. The van der Waals surface area contributed by atoms with Gasteiger partial charge in [0.1, 0.15) is 0 Å². The Balaban J connectivity index is 2.36. The molecule has 0 aromatic rings. The normalized spacial score (nSPS) is 21.2. The van der Waals surface area contributed by atoms with Crippen molar-refractivity contribution in [2.45, 2.75) is 58.4 Å². The minimum absolute atomic E-state index is 0.856. The van der Waals surface area contributed by atoms with Crippen molar-refractivity contribution < 1.29 is 0 Å². The summed E-state index contributed by atoms with van der Waals surface area (Å²) in [5, 5.41) is 3.49. The third kappa shape index (κ3) is 4.98. The maximum atomic E-state index is 3.49. The van der Waals surface area contributed by atoms with Crippen LogP contribution in [0.1, 0.15) is 52.4 Å². The van der Waals surface area contributed by atoms with Gasteiger partial charge in [-0.25, -0.2) is 0 Å². The van der Waals surface area contributed by atoms with Crippen LogP contribution in [0.4, 0.5) is 0 Å². The molecule has 1 atom stereocenters. The van der Waals surface area contributed by atoms with Crippen LogP contribution in [-0.2, 0) is 0 Å². The molecule has 0 bridgehead atoms. The first-order valence-electron chi connectivity index (χ1n) is 6.83. The summed E-state index contributed by atoms with van der Waals surface area (Å²) in [6, 6.07) is 0.856. The van der Waals surface area contributed by atoms with Crippen molar-refractivity contribution in [3.8, 4) is 0 Å². The summed E-state index contributed by atoms with van der Waals surface area (Å²) >= 11 is 0.